The molecule has 14 heteroatoms. The van der Waals surface area contributed by atoms with Crippen LogP contribution < -0.4 is 14.2 Å². The number of aliphatic imine (C=N–C) groups is 1. The number of para-hydroxylation sites is 2. The Morgan fingerprint density at radius 1 is 0.941 bits per heavy atom. The molecule has 0 radical (unpaired) electrons. The summed E-state index contributed by atoms with van der Waals surface area (Å²) in [6.07, 6.45) is 11.9. The van der Waals surface area contributed by atoms with E-state index in [4.69, 9.17) is 33.7 Å². The number of piperazine rings is 1. The van der Waals surface area contributed by atoms with Crippen LogP contribution in [0.1, 0.15) is 110 Å². The molecule has 11 rings (SSSR count). The Kier molecular flexibility index (Phi) is 11.1. The summed E-state index contributed by atoms with van der Waals surface area (Å²) in [7, 11) is 3.35. The van der Waals surface area contributed by atoms with Gasteiger partial charge in [0, 0.05) is 55.6 Å². The zero-order valence-corrected chi connectivity index (χ0v) is 41.0. The van der Waals surface area contributed by atoms with Gasteiger partial charge in [-0.25, -0.2) is 14.8 Å². The number of methoxy groups -OCH3 is 1. The molecule has 6 heterocycles. The lowest BCUT2D eigenvalue weighted by atomic mass is 9.44. The summed E-state index contributed by atoms with van der Waals surface area (Å²) in [6.45, 7) is 18.5. The normalized spacial score (nSPS) is 29.1. The third-order valence-corrected chi connectivity index (χ3v) is 15.7. The van der Waals surface area contributed by atoms with E-state index < -0.39 is 58.6 Å². The van der Waals surface area contributed by atoms with Gasteiger partial charge in [0.15, 0.2) is 22.7 Å². The highest BCUT2D eigenvalue weighted by Crippen LogP contribution is 2.74. The fourth-order valence-electron chi connectivity index (χ4n) is 12.4. The van der Waals surface area contributed by atoms with Crippen molar-refractivity contribution in [2.45, 2.75) is 122 Å². The summed E-state index contributed by atoms with van der Waals surface area (Å²) in [5, 5.41) is 0. The fourth-order valence-corrected chi connectivity index (χ4v) is 12.4. The van der Waals surface area contributed by atoms with Crippen LogP contribution in [0.2, 0.25) is 0 Å². The second kappa shape index (κ2) is 16.4. The van der Waals surface area contributed by atoms with E-state index in [2.05, 4.69) is 35.5 Å². The van der Waals surface area contributed by atoms with E-state index in [1.54, 1.807) is 17.9 Å². The van der Waals surface area contributed by atoms with Crippen molar-refractivity contribution in [2.75, 3.05) is 40.3 Å². The van der Waals surface area contributed by atoms with Gasteiger partial charge < -0.3 is 38.1 Å². The van der Waals surface area contributed by atoms with Crippen LogP contribution in [0.3, 0.4) is 0 Å². The number of ether oxygens (including phenoxy) is 5. The molecule has 5 fully saturated rings. The van der Waals surface area contributed by atoms with Crippen molar-refractivity contribution < 1.29 is 42.9 Å². The van der Waals surface area contributed by atoms with Crippen LogP contribution in [0.25, 0.3) is 17.1 Å². The molecule has 0 N–H and O–H groups in total. The summed E-state index contributed by atoms with van der Waals surface area (Å²) in [6, 6.07) is 7.33. The molecule has 3 saturated carbocycles. The van der Waals surface area contributed by atoms with Gasteiger partial charge in [-0.05, 0) is 112 Å². The minimum absolute atomic E-state index is 0.0404. The molecular formula is C54H63N5O9. The van der Waals surface area contributed by atoms with Crippen molar-refractivity contribution in [3.8, 4) is 17.2 Å². The summed E-state index contributed by atoms with van der Waals surface area (Å²) in [5.74, 6) is -1.68. The van der Waals surface area contributed by atoms with E-state index >= 15 is 4.79 Å². The van der Waals surface area contributed by atoms with Crippen LogP contribution in [0.15, 0.2) is 70.3 Å². The van der Waals surface area contributed by atoms with Crippen LogP contribution in [-0.4, -0.2) is 111 Å². The van der Waals surface area contributed by atoms with E-state index in [-0.39, 0.29) is 29.8 Å². The van der Waals surface area contributed by atoms with Crippen molar-refractivity contribution in [2.24, 2.45) is 22.7 Å². The van der Waals surface area contributed by atoms with Gasteiger partial charge in [-0.15, -0.1) is 0 Å². The number of allylic oxidation sites excluding steroid dienone is 4. The third kappa shape index (κ3) is 6.94. The highest BCUT2D eigenvalue weighted by atomic mass is 16.6. The molecular weight excluding hydrogens is 863 g/mol. The maximum atomic E-state index is 15.9. The number of carbonyl (C=O) groups excluding carboxylic acids is 4. The van der Waals surface area contributed by atoms with E-state index in [1.807, 2.05) is 78.1 Å². The molecule has 1 spiro atoms. The number of fused-ring (bicyclic) bond motifs is 6. The van der Waals surface area contributed by atoms with Gasteiger partial charge in [0.05, 0.1) is 52.5 Å². The third-order valence-electron chi connectivity index (χ3n) is 15.7. The summed E-state index contributed by atoms with van der Waals surface area (Å²) >= 11 is 0. The molecule has 8 aliphatic rings. The summed E-state index contributed by atoms with van der Waals surface area (Å²) in [4.78, 5) is 71.6. The first-order valence-corrected chi connectivity index (χ1v) is 24.1. The van der Waals surface area contributed by atoms with Gasteiger partial charge in [0.25, 0.3) is 0 Å². The number of rotatable bonds is 11. The van der Waals surface area contributed by atoms with Gasteiger partial charge in [0.2, 0.25) is 11.9 Å². The number of likely N-dealkylation sites (N-methyl/N-ethyl adjacent to an activating group) is 1. The lowest BCUT2D eigenvalue weighted by molar-refractivity contribution is -0.206. The highest BCUT2D eigenvalue weighted by molar-refractivity contribution is 6.15. The topological polar surface area (TPSA) is 151 Å². The van der Waals surface area contributed by atoms with Crippen LogP contribution in [-0.2, 0) is 35.1 Å². The Morgan fingerprint density at radius 3 is 2.40 bits per heavy atom. The Labute approximate surface area is 398 Å². The number of aromatic nitrogens is 2. The quantitative estimate of drug-likeness (QED) is 0.0602. The number of imidazole rings is 1. The minimum Gasteiger partial charge on any atom is -0.482 e. The molecule has 3 aliphatic carbocycles. The number of amides is 1. The van der Waals surface area contributed by atoms with E-state index in [0.717, 1.165) is 23.0 Å². The predicted molar refractivity (Wildman–Crippen MR) is 257 cm³/mol. The Bertz CT molecular complexity index is 2830. The van der Waals surface area contributed by atoms with Gasteiger partial charge in [0.1, 0.15) is 23.5 Å². The van der Waals surface area contributed by atoms with E-state index in [9.17, 15) is 14.4 Å². The highest BCUT2D eigenvalue weighted by Gasteiger charge is 2.85. The number of nitrogens with zero attached hydrogens (tertiary/aromatic N) is 5. The molecule has 4 bridgehead atoms. The van der Waals surface area contributed by atoms with Gasteiger partial charge in [-0.1, -0.05) is 41.5 Å². The average Bonchev–Trinajstić information content (AvgIpc) is 3.73. The lowest BCUT2D eigenvalue weighted by Crippen LogP contribution is -2.79. The molecule has 1 amide bonds. The molecule has 5 aliphatic heterocycles. The van der Waals surface area contributed by atoms with Crippen LogP contribution in [0.5, 0.6) is 17.2 Å². The smallest absolute Gasteiger partial charge is 0.333 e. The molecule has 14 nitrogen and oxygen atoms in total. The number of hydrogen-bond acceptors (Lipinski definition) is 12. The number of hydrogen-bond donors (Lipinski definition) is 0. The Balaban J connectivity index is 1.25. The summed E-state index contributed by atoms with van der Waals surface area (Å²) in [5.41, 5.74) is 1.86. The standard InChI is InChI=1S/C54H63N5O9/c1-30(2)14-13-21-52(8)22-20-34-45(66-52)33(18-17-31(3)4)47-41(46(34)65-40(61)29-39(60)58-26-24-57(9)25-27-58)43-42-44(59-37-16-12-11-15-36(37)55-50(59)56-43)35-28-38-51(6,7)68-53(48(35)62,54(38,42)67-47)23-19-32(5)49(63)64-10/h11-12,14-17,19-20,22,35,38,42,44H,13,18,21,23-29H2,1-10H3. The SMILES string of the molecule is COC(=O)C(C)=CCC12OC(C)(C)C3CC(C1=O)C1C4C(=Nc5nc6ccccc6n51)c1c(OC(=O)CC(=O)N5CCN(C)CC5)c5c(c(CC=C(C)C)c1OC432)OC(C)(CCC=C(C)C)C=C5. The number of benzene rings is 2. The largest absolute Gasteiger partial charge is 0.482 e. The van der Waals surface area contributed by atoms with Gasteiger partial charge >= 0.3 is 11.9 Å². The monoisotopic (exact) mass is 925 g/mol. The van der Waals surface area contributed by atoms with Crippen LogP contribution in [0, 0.1) is 17.8 Å². The average molecular weight is 926 g/mol. The number of esters is 2. The van der Waals surface area contributed by atoms with Gasteiger partial charge in [-0.2, -0.15) is 0 Å². The molecule has 7 atom stereocenters. The summed E-state index contributed by atoms with van der Waals surface area (Å²) < 4.78 is 36.3. The van der Waals surface area contributed by atoms with Crippen molar-refractivity contribution in [3.63, 3.8) is 0 Å². The van der Waals surface area contributed by atoms with E-state index in [0.29, 0.717) is 90.9 Å². The fraction of sp³-hybridized carbons (Fsp3) is 0.519. The van der Waals surface area contributed by atoms with Crippen molar-refractivity contribution in [3.05, 3.63) is 82.0 Å². The zero-order valence-electron chi connectivity index (χ0n) is 41.0. The Hall–Kier alpha value is -5.86. The molecule has 2 saturated heterocycles. The van der Waals surface area contributed by atoms with Crippen molar-refractivity contribution >= 4 is 52.4 Å². The molecule has 358 valence electrons. The molecule has 7 unspecified atom stereocenters. The number of ketones is 1. The van der Waals surface area contributed by atoms with Crippen molar-refractivity contribution in [1.82, 2.24) is 19.4 Å². The van der Waals surface area contributed by atoms with Crippen molar-refractivity contribution in [1.29, 1.82) is 0 Å². The molecule has 1 aromatic heterocycles. The number of carbonyl (C=O) groups is 4. The first kappa shape index (κ1) is 45.9. The predicted octanol–water partition coefficient (Wildman–Crippen LogP) is 8.22. The van der Waals surface area contributed by atoms with E-state index in [1.165, 1.54) is 12.7 Å². The van der Waals surface area contributed by atoms with Crippen LogP contribution in [0.4, 0.5) is 5.95 Å². The minimum atomic E-state index is -1.58. The maximum absolute atomic E-state index is 15.9. The number of Topliss-reactive ketones (excluding diaryl/α,β-unsaturated/α-hetero) is 1. The first-order chi connectivity index (χ1) is 32.3. The van der Waals surface area contributed by atoms with Gasteiger partial charge in [-0.3, -0.25) is 14.4 Å². The first-order valence-electron chi connectivity index (χ1n) is 24.1. The van der Waals surface area contributed by atoms with Crippen LogP contribution >= 0.6 is 0 Å². The maximum Gasteiger partial charge on any atom is 0.333 e. The molecule has 2 aromatic carbocycles. The second-order valence-corrected chi connectivity index (χ2v) is 21.1. The molecule has 3 aromatic rings. The Morgan fingerprint density at radius 2 is 1.68 bits per heavy atom. The second-order valence-electron chi connectivity index (χ2n) is 21.1. The zero-order chi connectivity index (χ0) is 48.2. The lowest BCUT2D eigenvalue weighted by Gasteiger charge is -2.64. The molecule has 68 heavy (non-hydrogen) atoms.